The summed E-state index contributed by atoms with van der Waals surface area (Å²) in [6, 6.07) is 16.0. The third kappa shape index (κ3) is 4.58. The van der Waals surface area contributed by atoms with Gasteiger partial charge in [-0.2, -0.15) is 0 Å². The number of halogens is 2. The number of phenolic OH excluding ortho intramolecular Hbond substituents is 1. The van der Waals surface area contributed by atoms with E-state index in [4.69, 9.17) is 9.47 Å². The van der Waals surface area contributed by atoms with Gasteiger partial charge < -0.3 is 19.7 Å². The molecule has 3 aromatic carbocycles. The molecule has 6 nitrogen and oxygen atoms in total. The lowest BCUT2D eigenvalue weighted by molar-refractivity contribution is -0.0936. The van der Waals surface area contributed by atoms with Crippen molar-refractivity contribution in [3.63, 3.8) is 0 Å². The van der Waals surface area contributed by atoms with E-state index in [-0.39, 0.29) is 11.5 Å². The van der Waals surface area contributed by atoms with Crippen molar-refractivity contribution in [3.8, 4) is 11.5 Å². The number of allylic oxidation sites excluding steroid dienone is 2. The maximum atomic E-state index is 16.0. The fraction of sp³-hybridized carbons (Fsp3) is 0.154. The first-order valence-electron chi connectivity index (χ1n) is 10.5. The van der Waals surface area contributed by atoms with Gasteiger partial charge in [0.2, 0.25) is 9.84 Å². The van der Waals surface area contributed by atoms with Crippen molar-refractivity contribution in [1.82, 2.24) is 0 Å². The van der Waals surface area contributed by atoms with E-state index < -0.39 is 49.4 Å². The molecule has 1 aliphatic rings. The van der Waals surface area contributed by atoms with Crippen LogP contribution in [0.5, 0.6) is 11.5 Å². The molecule has 0 aliphatic heterocycles. The molecule has 0 fully saturated rings. The predicted molar refractivity (Wildman–Crippen MR) is 124 cm³/mol. The molecule has 0 amide bonds. The Labute approximate surface area is 201 Å². The third-order valence-electron chi connectivity index (χ3n) is 5.70. The highest BCUT2D eigenvalue weighted by Crippen LogP contribution is 2.44. The van der Waals surface area contributed by atoms with Crippen LogP contribution in [0.15, 0.2) is 101 Å². The molecule has 0 heterocycles. The number of rotatable bonds is 7. The maximum Gasteiger partial charge on any atom is 0.209 e. The van der Waals surface area contributed by atoms with E-state index in [2.05, 4.69) is 0 Å². The second-order valence-corrected chi connectivity index (χ2v) is 9.77. The highest BCUT2D eigenvalue weighted by molar-refractivity contribution is 7.91. The summed E-state index contributed by atoms with van der Waals surface area (Å²) in [6.45, 7) is -0.147. The molecule has 2 atom stereocenters. The number of aromatic hydroxyl groups is 1. The fourth-order valence-electron chi connectivity index (χ4n) is 3.85. The Balaban J connectivity index is 1.85. The van der Waals surface area contributed by atoms with Crippen LogP contribution in [0.2, 0.25) is 0 Å². The number of ether oxygens (including phenoxy) is 2. The van der Waals surface area contributed by atoms with Crippen molar-refractivity contribution in [2.75, 3.05) is 7.11 Å². The third-order valence-corrected chi connectivity index (χ3v) is 7.49. The smallest absolute Gasteiger partial charge is 0.209 e. The van der Waals surface area contributed by atoms with E-state index in [1.54, 1.807) is 30.3 Å². The highest BCUT2D eigenvalue weighted by atomic mass is 32.2. The van der Waals surface area contributed by atoms with Gasteiger partial charge in [-0.3, -0.25) is 0 Å². The summed E-state index contributed by atoms with van der Waals surface area (Å²) < 4.78 is 67.4. The standard InChI is InChI=1S/C26H22F2O6S/c1-33-19-7-9-20(10-8-19)35(31,32)22-12-11-21(29)24(25(22)28)26(14-13-18(27)15-23(26)30)34-16-17-5-3-2-4-6-17/h2-15,23,29-30H,16H2,1H3. The Morgan fingerprint density at radius 2 is 1.69 bits per heavy atom. The minimum Gasteiger partial charge on any atom is -0.507 e. The van der Waals surface area contributed by atoms with E-state index >= 15 is 4.39 Å². The van der Waals surface area contributed by atoms with Crippen molar-refractivity contribution in [2.24, 2.45) is 0 Å². The average molecular weight is 501 g/mol. The molecule has 9 heteroatoms. The summed E-state index contributed by atoms with van der Waals surface area (Å²) in [5.41, 5.74) is -2.08. The molecule has 3 aromatic rings. The molecular formula is C26H22F2O6S. The average Bonchev–Trinajstić information content (AvgIpc) is 2.85. The number of sulfone groups is 1. The highest BCUT2D eigenvalue weighted by Gasteiger charge is 2.45. The predicted octanol–water partition coefficient (Wildman–Crippen LogP) is 4.57. The summed E-state index contributed by atoms with van der Waals surface area (Å²) in [5, 5.41) is 21.4. The van der Waals surface area contributed by atoms with E-state index in [1.807, 2.05) is 0 Å². The summed E-state index contributed by atoms with van der Waals surface area (Å²) in [7, 11) is -2.97. The van der Waals surface area contributed by atoms with E-state index in [9.17, 15) is 23.0 Å². The first-order chi connectivity index (χ1) is 16.7. The van der Waals surface area contributed by atoms with E-state index in [1.165, 1.54) is 31.4 Å². The topological polar surface area (TPSA) is 93.1 Å². The lowest BCUT2D eigenvalue weighted by Gasteiger charge is -2.37. The summed E-state index contributed by atoms with van der Waals surface area (Å²) >= 11 is 0. The van der Waals surface area contributed by atoms with Gasteiger partial charge in [0.05, 0.1) is 24.2 Å². The SMILES string of the molecule is COc1ccc(S(=O)(=O)c2ccc(O)c(C3(OCc4ccccc4)C=CC(F)=CC3O)c2F)cc1. The van der Waals surface area contributed by atoms with Gasteiger partial charge in [0.25, 0.3) is 0 Å². The minimum absolute atomic E-state index is 0.147. The number of phenols is 1. The molecule has 0 radical (unpaired) electrons. The van der Waals surface area contributed by atoms with Gasteiger partial charge in [0.15, 0.2) is 5.82 Å². The van der Waals surface area contributed by atoms with Crippen molar-refractivity contribution < 1.29 is 36.9 Å². The molecular weight excluding hydrogens is 478 g/mol. The lowest BCUT2D eigenvalue weighted by Crippen LogP contribution is -2.42. The number of hydrogen-bond donors (Lipinski definition) is 2. The molecule has 0 bridgehead atoms. The zero-order valence-corrected chi connectivity index (χ0v) is 19.4. The molecule has 35 heavy (non-hydrogen) atoms. The summed E-state index contributed by atoms with van der Waals surface area (Å²) in [4.78, 5) is -0.951. The molecule has 0 aromatic heterocycles. The first kappa shape index (κ1) is 24.6. The molecule has 0 saturated carbocycles. The van der Waals surface area contributed by atoms with Crippen molar-refractivity contribution in [2.45, 2.75) is 28.1 Å². The molecule has 2 N–H and O–H groups in total. The van der Waals surface area contributed by atoms with E-state index in [0.29, 0.717) is 11.3 Å². The van der Waals surface area contributed by atoms with Gasteiger partial charge in [-0.05, 0) is 60.2 Å². The van der Waals surface area contributed by atoms with Crippen LogP contribution < -0.4 is 4.74 Å². The number of benzene rings is 3. The van der Waals surface area contributed by atoms with Crippen LogP contribution in [0.4, 0.5) is 8.78 Å². The monoisotopic (exact) mass is 500 g/mol. The Hall–Kier alpha value is -3.53. The second kappa shape index (κ2) is 9.61. The fourth-order valence-corrected chi connectivity index (χ4v) is 5.19. The molecule has 1 aliphatic carbocycles. The maximum absolute atomic E-state index is 16.0. The van der Waals surface area contributed by atoms with Crippen molar-refractivity contribution >= 4 is 9.84 Å². The molecule has 2 unspecified atom stereocenters. The van der Waals surface area contributed by atoms with Crippen LogP contribution in [0.25, 0.3) is 0 Å². The van der Waals surface area contributed by atoms with Crippen LogP contribution in [-0.4, -0.2) is 31.8 Å². The van der Waals surface area contributed by atoms with Crippen LogP contribution in [-0.2, 0) is 26.8 Å². The zero-order chi connectivity index (χ0) is 25.2. The van der Waals surface area contributed by atoms with Crippen LogP contribution in [0, 0.1) is 5.82 Å². The van der Waals surface area contributed by atoms with Crippen LogP contribution in [0.3, 0.4) is 0 Å². The Morgan fingerprint density at radius 1 is 1.00 bits per heavy atom. The van der Waals surface area contributed by atoms with Crippen molar-refractivity contribution in [1.29, 1.82) is 0 Å². The normalized spacial score (nSPS) is 19.9. The van der Waals surface area contributed by atoms with Crippen LogP contribution >= 0.6 is 0 Å². The number of hydrogen-bond acceptors (Lipinski definition) is 6. The first-order valence-corrected chi connectivity index (χ1v) is 12.0. The quantitative estimate of drug-likeness (QED) is 0.494. The van der Waals surface area contributed by atoms with Gasteiger partial charge in [0.1, 0.15) is 33.9 Å². The Kier molecular flexibility index (Phi) is 6.75. The number of methoxy groups -OCH3 is 1. The summed E-state index contributed by atoms with van der Waals surface area (Å²) in [5.74, 6) is -2.37. The largest absolute Gasteiger partial charge is 0.507 e. The van der Waals surface area contributed by atoms with Gasteiger partial charge in [-0.25, -0.2) is 17.2 Å². The van der Waals surface area contributed by atoms with Gasteiger partial charge in [-0.15, -0.1) is 0 Å². The number of aliphatic hydroxyl groups excluding tert-OH is 1. The Morgan fingerprint density at radius 3 is 2.31 bits per heavy atom. The molecule has 0 saturated heterocycles. The lowest BCUT2D eigenvalue weighted by atomic mass is 9.83. The van der Waals surface area contributed by atoms with Gasteiger partial charge >= 0.3 is 0 Å². The minimum atomic E-state index is -4.39. The van der Waals surface area contributed by atoms with Gasteiger partial charge in [-0.1, -0.05) is 30.3 Å². The molecule has 4 rings (SSSR count). The summed E-state index contributed by atoms with van der Waals surface area (Å²) in [6.07, 6.45) is 1.06. The zero-order valence-electron chi connectivity index (χ0n) is 18.6. The van der Waals surface area contributed by atoms with E-state index in [0.717, 1.165) is 30.4 Å². The number of aliphatic hydroxyl groups is 1. The Bertz CT molecular complexity index is 1390. The molecule has 182 valence electrons. The molecule has 0 spiro atoms. The van der Waals surface area contributed by atoms with Gasteiger partial charge in [0, 0.05) is 0 Å². The van der Waals surface area contributed by atoms with Crippen LogP contribution in [0.1, 0.15) is 11.1 Å². The second-order valence-electron chi connectivity index (χ2n) is 7.85. The van der Waals surface area contributed by atoms with Crippen molar-refractivity contribution in [3.05, 3.63) is 108 Å².